The Kier molecular flexibility index (Phi) is 18.3. The van der Waals surface area contributed by atoms with Crippen molar-refractivity contribution in [1.82, 2.24) is 0 Å². The molecule has 4 saturated carbocycles. The Morgan fingerprint density at radius 2 is 1.07 bits per heavy atom. The molecule has 0 radical (unpaired) electrons. The summed E-state index contributed by atoms with van der Waals surface area (Å²) in [6, 6.07) is 0. The van der Waals surface area contributed by atoms with Crippen LogP contribution in [-0.2, 0) is 61.8 Å². The number of allylic oxidation sites excluding steroid dienone is 2. The fourth-order valence-electron chi connectivity index (χ4n) is 17.4. The van der Waals surface area contributed by atoms with Gasteiger partial charge < -0.3 is 124 Å². The van der Waals surface area contributed by atoms with E-state index in [4.69, 9.17) is 47.4 Å². The van der Waals surface area contributed by atoms with Crippen molar-refractivity contribution in [3.63, 3.8) is 0 Å². The molecule has 28 nitrogen and oxygen atoms in total. The lowest BCUT2D eigenvalue weighted by molar-refractivity contribution is -0.373. The molecule has 0 amide bonds. The van der Waals surface area contributed by atoms with Crippen molar-refractivity contribution in [2.24, 2.45) is 50.2 Å². The highest BCUT2D eigenvalue weighted by Gasteiger charge is 2.73. The van der Waals surface area contributed by atoms with Gasteiger partial charge in [-0.25, -0.2) is 4.79 Å². The molecular formula is C58H90O28. The van der Waals surface area contributed by atoms with Crippen molar-refractivity contribution in [1.29, 1.82) is 0 Å². The highest BCUT2D eigenvalue weighted by Crippen LogP contribution is 2.76. The molecule has 33 atom stereocenters. The summed E-state index contributed by atoms with van der Waals surface area (Å²) in [6.07, 6.45) is -36.8. The van der Waals surface area contributed by atoms with Crippen molar-refractivity contribution in [2.75, 3.05) is 13.2 Å². The van der Waals surface area contributed by atoms with Crippen LogP contribution in [0.4, 0.5) is 0 Å². The van der Waals surface area contributed by atoms with Gasteiger partial charge in [0.1, 0.15) is 91.6 Å². The van der Waals surface area contributed by atoms with Gasteiger partial charge in [-0.3, -0.25) is 9.59 Å². The first kappa shape index (κ1) is 66.2. The molecule has 86 heavy (non-hydrogen) atoms. The molecule has 0 aromatic carbocycles. The van der Waals surface area contributed by atoms with Crippen LogP contribution in [0.15, 0.2) is 11.6 Å². The lowest BCUT2D eigenvalue weighted by Crippen LogP contribution is -2.70. The molecule has 10 rings (SSSR count). The SMILES string of the molecule is CC1O[C@@H](O[C@@H]2[C@H](OC(=O)[C@]34CCC(C)(C)C[C@H]3C3=CC[C@@H]5[C@@]6(C)C[C@H](O)[C@H](O[C@@H]7O[C@H](C(=O)O)[C@@H](O)[C@H](O[C@@H]8OC[C@@H](O)[C@H](O)[C@H]8O)[C@H]7O)[C@@](C)(C(=O)O)[C@@H]6CC[C@@]5(C)[C@]3(C)CC4)O[C@@H](C)[C@@H](O)[C@H]2O)[C@H](O)[C@H](O)[C@H]1O[C@@H]1OC[C@@H](O)[C@H](O)[C@H]1O. The summed E-state index contributed by atoms with van der Waals surface area (Å²) in [5.41, 5.74) is -4.43. The minimum atomic E-state index is -2.14. The first-order valence-electron chi connectivity index (χ1n) is 30.1. The highest BCUT2D eigenvalue weighted by molar-refractivity contribution is 5.79. The standard InChI is InChI=1S/C58H90O28/c1-21-30(62)33(65)43(84-48-37(69)34(66)40(22(2)80-48)81-46-35(67)31(63)26(60)19-77-46)50(79-21)86-52(76)58-15-13-53(3,4)17-24(58)23-9-10-28-54(5)18-25(59)44(57(8,51(74)75)29(54)11-12-56(28,7)55(23,6)14-16-58)85-49-39(71)41(38(70)42(83-49)45(72)73)82-47-36(68)32(64)27(61)20-78-47/h9,21-22,24-44,46-50,59-71H,10-20H2,1-8H3,(H,72,73)(H,74,75)/t21-,22?,24-,25-,26+,27+,28+,29+,30+,31-,32-,33+,34-,35+,36+,37+,38-,39+,40-,41-,42-,43-,44-,46-,47-,48-,49-,50-,54+,55+,56+,57-,58-/m0/s1. The predicted molar refractivity (Wildman–Crippen MR) is 285 cm³/mol. The van der Waals surface area contributed by atoms with Crippen molar-refractivity contribution < 1.29 is 138 Å². The van der Waals surface area contributed by atoms with Crippen molar-refractivity contribution in [3.05, 3.63) is 11.6 Å². The number of hydrogen-bond acceptors (Lipinski definition) is 26. The topological polar surface area (TPSA) is 447 Å². The van der Waals surface area contributed by atoms with Crippen LogP contribution >= 0.6 is 0 Å². The normalized spacial score (nSPS) is 54.6. The van der Waals surface area contributed by atoms with Gasteiger partial charge in [0.15, 0.2) is 37.4 Å². The second kappa shape index (κ2) is 23.7. The number of aliphatic carboxylic acids is 2. The molecule has 0 aromatic rings. The van der Waals surface area contributed by atoms with Crippen molar-refractivity contribution in [3.8, 4) is 0 Å². The number of carbonyl (C=O) groups excluding carboxylic acids is 1. The molecule has 15 N–H and O–H groups in total. The molecule has 0 aromatic heterocycles. The number of fused-ring (bicyclic) bond motifs is 7. The minimum Gasteiger partial charge on any atom is -0.481 e. The van der Waals surface area contributed by atoms with Crippen LogP contribution in [0.3, 0.4) is 0 Å². The average Bonchev–Trinajstić information content (AvgIpc) is 0.675. The lowest BCUT2D eigenvalue weighted by atomic mass is 9.33. The van der Waals surface area contributed by atoms with Gasteiger partial charge >= 0.3 is 17.9 Å². The van der Waals surface area contributed by atoms with E-state index in [0.717, 1.165) is 5.57 Å². The molecule has 490 valence electrons. The van der Waals surface area contributed by atoms with Gasteiger partial charge in [0.25, 0.3) is 0 Å². The Morgan fingerprint density at radius 3 is 1.67 bits per heavy atom. The van der Waals surface area contributed by atoms with E-state index in [0.29, 0.717) is 51.4 Å². The van der Waals surface area contributed by atoms with Crippen LogP contribution < -0.4 is 0 Å². The maximum atomic E-state index is 15.5. The summed E-state index contributed by atoms with van der Waals surface area (Å²) in [6.45, 7) is 14.1. The van der Waals surface area contributed by atoms with Crippen LogP contribution in [0.1, 0.15) is 113 Å². The minimum absolute atomic E-state index is 0.0113. The molecule has 5 aliphatic carbocycles. The third-order valence-corrected chi connectivity index (χ3v) is 22.7. The molecule has 9 fully saturated rings. The summed E-state index contributed by atoms with van der Waals surface area (Å²) < 4.78 is 58.5. The zero-order valence-electron chi connectivity index (χ0n) is 49.5. The van der Waals surface area contributed by atoms with Crippen molar-refractivity contribution in [2.45, 2.75) is 267 Å². The quantitative estimate of drug-likeness (QED) is 0.0535. The number of aliphatic hydroxyl groups is 13. The average molecular weight is 1240 g/mol. The summed E-state index contributed by atoms with van der Waals surface area (Å²) in [7, 11) is 0. The third kappa shape index (κ3) is 10.7. The van der Waals surface area contributed by atoms with Gasteiger partial charge in [0.05, 0.1) is 42.4 Å². The second-order valence-electron chi connectivity index (χ2n) is 28.1. The Morgan fingerprint density at radius 1 is 0.523 bits per heavy atom. The van der Waals surface area contributed by atoms with E-state index in [2.05, 4.69) is 33.8 Å². The number of hydrogen-bond donors (Lipinski definition) is 15. The largest absolute Gasteiger partial charge is 0.481 e. The fourth-order valence-corrected chi connectivity index (χ4v) is 17.4. The van der Waals surface area contributed by atoms with Gasteiger partial charge in [-0.15, -0.1) is 0 Å². The van der Waals surface area contributed by atoms with Crippen LogP contribution in [0.5, 0.6) is 0 Å². The first-order valence-corrected chi connectivity index (χ1v) is 30.1. The smallest absolute Gasteiger partial charge is 0.335 e. The van der Waals surface area contributed by atoms with Crippen LogP contribution in [-0.4, -0.2) is 261 Å². The summed E-state index contributed by atoms with van der Waals surface area (Å²) >= 11 is 0. The molecule has 10 aliphatic rings. The summed E-state index contributed by atoms with van der Waals surface area (Å²) in [5, 5.41) is 164. The Balaban J connectivity index is 0.890. The fraction of sp³-hybridized carbons (Fsp3) is 0.914. The molecule has 1 unspecified atom stereocenters. The summed E-state index contributed by atoms with van der Waals surface area (Å²) in [4.78, 5) is 42.0. The Bertz CT molecular complexity index is 2520. The molecular weight excluding hydrogens is 1140 g/mol. The van der Waals surface area contributed by atoms with E-state index < -0.39 is 224 Å². The molecule has 5 saturated heterocycles. The predicted octanol–water partition coefficient (Wildman–Crippen LogP) is -2.75. The zero-order valence-corrected chi connectivity index (χ0v) is 49.5. The van der Waals surface area contributed by atoms with Gasteiger partial charge in [-0.1, -0.05) is 46.3 Å². The van der Waals surface area contributed by atoms with Gasteiger partial charge in [-0.05, 0) is 118 Å². The molecule has 0 spiro atoms. The number of rotatable bonds is 12. The number of carbonyl (C=O) groups is 3. The highest BCUT2D eigenvalue weighted by atomic mass is 16.8. The molecule has 5 aliphatic heterocycles. The van der Waals surface area contributed by atoms with E-state index in [1.165, 1.54) is 20.8 Å². The second-order valence-corrected chi connectivity index (χ2v) is 28.1. The van der Waals surface area contributed by atoms with E-state index in [-0.39, 0.29) is 17.8 Å². The summed E-state index contributed by atoms with van der Waals surface area (Å²) in [5.74, 6) is -5.11. The van der Waals surface area contributed by atoms with E-state index in [9.17, 15) is 86.2 Å². The lowest BCUT2D eigenvalue weighted by Gasteiger charge is -2.71. The first-order chi connectivity index (χ1) is 40.1. The Labute approximate surface area is 496 Å². The van der Waals surface area contributed by atoms with Crippen LogP contribution in [0, 0.1) is 50.2 Å². The zero-order chi connectivity index (χ0) is 63.0. The monoisotopic (exact) mass is 1230 g/mol. The van der Waals surface area contributed by atoms with Gasteiger partial charge in [0, 0.05) is 0 Å². The van der Waals surface area contributed by atoms with Gasteiger partial charge in [-0.2, -0.15) is 0 Å². The maximum Gasteiger partial charge on any atom is 0.335 e. The number of aliphatic hydroxyl groups excluding tert-OH is 13. The molecule has 5 heterocycles. The number of carboxylic acid groups (broad SMARTS) is 2. The molecule has 0 bridgehead atoms. The van der Waals surface area contributed by atoms with Crippen molar-refractivity contribution >= 4 is 17.9 Å². The van der Waals surface area contributed by atoms with Gasteiger partial charge in [0.2, 0.25) is 6.29 Å². The third-order valence-electron chi connectivity index (χ3n) is 22.7. The van der Waals surface area contributed by atoms with E-state index in [1.807, 2.05) is 6.92 Å². The Hall–Kier alpha value is -2.73. The van der Waals surface area contributed by atoms with Crippen LogP contribution in [0.25, 0.3) is 0 Å². The number of esters is 1. The number of ether oxygens (including phenoxy) is 10. The maximum absolute atomic E-state index is 15.5. The number of carboxylic acids is 2. The van der Waals surface area contributed by atoms with E-state index in [1.54, 1.807) is 0 Å². The van der Waals surface area contributed by atoms with Crippen LogP contribution in [0.2, 0.25) is 0 Å². The molecule has 28 heteroatoms. The van der Waals surface area contributed by atoms with E-state index >= 15 is 4.79 Å².